The second-order valence-corrected chi connectivity index (χ2v) is 7.41. The topological polar surface area (TPSA) is 125 Å². The average Bonchev–Trinajstić information content (AvgIpc) is 2.68. The first-order chi connectivity index (χ1) is 13.6. The molecule has 12 heteroatoms. The fourth-order valence-corrected chi connectivity index (χ4v) is 3.06. The fraction of sp³-hybridized carbons (Fsp3) is 0.235. The Labute approximate surface area is 164 Å². The summed E-state index contributed by atoms with van der Waals surface area (Å²) in [4.78, 5) is 22.5. The second kappa shape index (κ2) is 8.82. The lowest BCUT2D eigenvalue weighted by atomic mass is 10.1. The number of hydrogen-bond acceptors (Lipinski definition) is 7. The zero-order chi connectivity index (χ0) is 21.8. The number of methoxy groups -OCH3 is 1. The number of nitrogens with zero attached hydrogens (tertiary/aromatic N) is 1. The number of halogens is 2. The van der Waals surface area contributed by atoms with E-state index in [2.05, 4.69) is 5.32 Å². The van der Waals surface area contributed by atoms with Crippen LogP contribution in [0, 0.1) is 10.1 Å². The molecule has 1 amide bonds. The van der Waals surface area contributed by atoms with Gasteiger partial charge in [-0.15, -0.1) is 0 Å². The zero-order valence-corrected chi connectivity index (χ0v) is 16.0. The number of benzene rings is 2. The maximum Gasteiger partial charge on any atom is 0.341 e. The molecule has 9 nitrogen and oxygen atoms in total. The van der Waals surface area contributed by atoms with E-state index < -0.39 is 37.0 Å². The van der Waals surface area contributed by atoms with Gasteiger partial charge in [-0.05, 0) is 31.2 Å². The van der Waals surface area contributed by atoms with Gasteiger partial charge in [0, 0.05) is 11.8 Å². The number of amides is 1. The first-order valence-electron chi connectivity index (χ1n) is 8.04. The molecule has 1 N–H and O–H groups in total. The van der Waals surface area contributed by atoms with Crippen molar-refractivity contribution in [2.24, 2.45) is 0 Å². The molecule has 0 aliphatic rings. The maximum atomic E-state index is 12.6. The summed E-state index contributed by atoms with van der Waals surface area (Å²) in [5.74, 6) is -4.29. The summed E-state index contributed by atoms with van der Waals surface area (Å²) >= 11 is 0. The number of hydrogen-bond donors (Lipinski definition) is 1. The number of anilines is 1. The number of rotatable bonds is 8. The van der Waals surface area contributed by atoms with Gasteiger partial charge in [-0.1, -0.05) is 0 Å². The minimum Gasteiger partial charge on any atom is -0.493 e. The Kier molecular flexibility index (Phi) is 6.69. The van der Waals surface area contributed by atoms with Crippen LogP contribution in [0.5, 0.6) is 11.5 Å². The van der Waals surface area contributed by atoms with Crippen molar-refractivity contribution in [2.75, 3.05) is 19.0 Å². The third-order valence-corrected chi connectivity index (χ3v) is 5.10. The lowest BCUT2D eigenvalue weighted by molar-refractivity contribution is -0.385. The van der Waals surface area contributed by atoms with E-state index in [-0.39, 0.29) is 29.4 Å². The Morgan fingerprint density at radius 3 is 2.31 bits per heavy atom. The molecule has 0 saturated heterocycles. The van der Waals surface area contributed by atoms with Gasteiger partial charge in [0.1, 0.15) is 5.56 Å². The highest BCUT2D eigenvalue weighted by molar-refractivity contribution is 7.91. The minimum atomic E-state index is -4.78. The molecule has 0 aliphatic carbocycles. The smallest absolute Gasteiger partial charge is 0.341 e. The van der Waals surface area contributed by atoms with Gasteiger partial charge in [-0.25, -0.2) is 8.42 Å². The lowest BCUT2D eigenvalue weighted by Gasteiger charge is -2.12. The Balaban J connectivity index is 2.36. The molecule has 0 unspecified atom stereocenters. The monoisotopic (exact) mass is 430 g/mol. The summed E-state index contributed by atoms with van der Waals surface area (Å²) < 4.78 is 58.3. The molecule has 29 heavy (non-hydrogen) atoms. The fourth-order valence-electron chi connectivity index (χ4n) is 2.34. The Morgan fingerprint density at radius 2 is 1.83 bits per heavy atom. The van der Waals surface area contributed by atoms with Crippen molar-refractivity contribution in [1.29, 1.82) is 0 Å². The van der Waals surface area contributed by atoms with Crippen LogP contribution in [-0.2, 0) is 9.84 Å². The van der Waals surface area contributed by atoms with Crippen LogP contribution < -0.4 is 14.8 Å². The standard InChI is InChI=1S/C17H16F2N2O7S/c1-3-28-15-9-13(21(23)24)12(8-14(15)27-2)16(22)20-10-4-6-11(7-5-10)29(25,26)17(18)19/h4-9,17H,3H2,1-2H3,(H,20,22). The molecule has 0 atom stereocenters. The molecule has 0 bridgehead atoms. The van der Waals surface area contributed by atoms with E-state index in [1.807, 2.05) is 0 Å². The highest BCUT2D eigenvalue weighted by Gasteiger charge is 2.27. The van der Waals surface area contributed by atoms with Crippen molar-refractivity contribution < 1.29 is 36.4 Å². The van der Waals surface area contributed by atoms with E-state index in [9.17, 15) is 32.1 Å². The summed E-state index contributed by atoms with van der Waals surface area (Å²) in [6.07, 6.45) is 0. The number of nitro groups is 1. The molecule has 0 radical (unpaired) electrons. The largest absolute Gasteiger partial charge is 0.493 e. The second-order valence-electron chi connectivity index (χ2n) is 5.49. The van der Waals surface area contributed by atoms with E-state index >= 15 is 0 Å². The number of sulfone groups is 1. The van der Waals surface area contributed by atoms with Crippen LogP contribution in [0.1, 0.15) is 17.3 Å². The van der Waals surface area contributed by atoms with Gasteiger partial charge in [-0.3, -0.25) is 14.9 Å². The molecule has 0 spiro atoms. The van der Waals surface area contributed by atoms with Crippen LogP contribution in [0.3, 0.4) is 0 Å². The van der Waals surface area contributed by atoms with Crippen molar-refractivity contribution in [3.63, 3.8) is 0 Å². The molecule has 0 saturated carbocycles. The van der Waals surface area contributed by atoms with Gasteiger partial charge in [0.25, 0.3) is 11.6 Å². The number of carbonyl (C=O) groups excluding carboxylic acids is 1. The predicted molar refractivity (Wildman–Crippen MR) is 98.4 cm³/mol. The van der Waals surface area contributed by atoms with Gasteiger partial charge in [-0.2, -0.15) is 8.78 Å². The molecule has 2 aromatic carbocycles. The normalized spacial score (nSPS) is 11.2. The van der Waals surface area contributed by atoms with Gasteiger partial charge >= 0.3 is 5.76 Å². The quantitative estimate of drug-likeness (QED) is 0.503. The highest BCUT2D eigenvalue weighted by Crippen LogP contribution is 2.35. The van der Waals surface area contributed by atoms with Crippen LogP contribution in [0.4, 0.5) is 20.2 Å². The molecule has 0 aromatic heterocycles. The van der Waals surface area contributed by atoms with E-state index in [1.54, 1.807) is 6.92 Å². The molecule has 156 valence electrons. The van der Waals surface area contributed by atoms with Crippen molar-refractivity contribution in [3.05, 3.63) is 52.1 Å². The van der Waals surface area contributed by atoms with Crippen LogP contribution in [0.2, 0.25) is 0 Å². The molecular weight excluding hydrogens is 414 g/mol. The van der Waals surface area contributed by atoms with E-state index in [1.165, 1.54) is 7.11 Å². The van der Waals surface area contributed by atoms with Gasteiger partial charge in [0.05, 0.1) is 29.6 Å². The molecule has 0 aliphatic heterocycles. The van der Waals surface area contributed by atoms with E-state index in [4.69, 9.17) is 9.47 Å². The van der Waals surface area contributed by atoms with Crippen LogP contribution in [0.25, 0.3) is 0 Å². The highest BCUT2D eigenvalue weighted by atomic mass is 32.2. The van der Waals surface area contributed by atoms with Crippen LogP contribution in [-0.4, -0.2) is 38.7 Å². The van der Waals surface area contributed by atoms with Crippen LogP contribution >= 0.6 is 0 Å². The molecule has 2 aromatic rings. The minimum absolute atomic E-state index is 0.0466. The van der Waals surface area contributed by atoms with Crippen molar-refractivity contribution in [2.45, 2.75) is 17.6 Å². The zero-order valence-electron chi connectivity index (χ0n) is 15.2. The Hall–Kier alpha value is -3.28. The average molecular weight is 430 g/mol. The number of nitrogens with one attached hydrogen (secondary N) is 1. The summed E-state index contributed by atoms with van der Waals surface area (Å²) in [7, 11) is -3.48. The molecular formula is C17H16F2N2O7S. The summed E-state index contributed by atoms with van der Waals surface area (Å²) in [6.45, 7) is 1.89. The number of nitro benzene ring substituents is 1. The summed E-state index contributed by atoms with van der Waals surface area (Å²) in [5.41, 5.74) is -0.825. The number of carbonyl (C=O) groups is 1. The first kappa shape index (κ1) is 22.0. The molecule has 0 heterocycles. The summed E-state index contributed by atoms with van der Waals surface area (Å²) in [5, 5.41) is 13.7. The van der Waals surface area contributed by atoms with Crippen LogP contribution in [0.15, 0.2) is 41.3 Å². The number of ether oxygens (including phenoxy) is 2. The lowest BCUT2D eigenvalue weighted by Crippen LogP contribution is -2.15. The first-order valence-corrected chi connectivity index (χ1v) is 9.59. The van der Waals surface area contributed by atoms with Gasteiger partial charge < -0.3 is 14.8 Å². The van der Waals surface area contributed by atoms with Gasteiger partial charge in [0.2, 0.25) is 9.84 Å². The Morgan fingerprint density at radius 1 is 1.21 bits per heavy atom. The van der Waals surface area contributed by atoms with Crippen molar-refractivity contribution >= 4 is 27.1 Å². The van der Waals surface area contributed by atoms with Crippen molar-refractivity contribution in [1.82, 2.24) is 0 Å². The Bertz CT molecular complexity index is 1020. The maximum absolute atomic E-state index is 12.6. The van der Waals surface area contributed by atoms with E-state index in [0.717, 1.165) is 36.4 Å². The molecule has 0 fully saturated rings. The SMILES string of the molecule is CCOc1cc([N+](=O)[O-])c(C(=O)Nc2ccc(S(=O)(=O)C(F)F)cc2)cc1OC. The van der Waals surface area contributed by atoms with E-state index in [0.29, 0.717) is 0 Å². The number of alkyl halides is 2. The third-order valence-electron chi connectivity index (χ3n) is 3.70. The third kappa shape index (κ3) is 4.77. The van der Waals surface area contributed by atoms with Gasteiger partial charge in [0.15, 0.2) is 11.5 Å². The summed E-state index contributed by atoms with van der Waals surface area (Å²) in [6, 6.07) is 6.15. The molecule has 2 rings (SSSR count). The predicted octanol–water partition coefficient (Wildman–Crippen LogP) is 3.25. The van der Waals surface area contributed by atoms with Crippen molar-refractivity contribution in [3.8, 4) is 11.5 Å².